The average Bonchev–Trinajstić information content (AvgIpc) is 3.34. The molecule has 2 amide bonds. The van der Waals surface area contributed by atoms with Crippen LogP contribution in [-0.2, 0) is 16.1 Å². The third-order valence-electron chi connectivity index (χ3n) is 6.14. The lowest BCUT2D eigenvalue weighted by Crippen LogP contribution is -2.35. The fraction of sp³-hybridized carbons (Fsp3) is 0.600. The molecular weight excluding hydrogens is 314 g/mol. The topological polar surface area (TPSA) is 61.4 Å². The van der Waals surface area contributed by atoms with E-state index in [4.69, 9.17) is 0 Å². The van der Waals surface area contributed by atoms with Gasteiger partial charge in [0.2, 0.25) is 11.8 Å². The van der Waals surface area contributed by atoms with Gasteiger partial charge in [0.25, 0.3) is 0 Å². The zero-order valence-corrected chi connectivity index (χ0v) is 14.7. The van der Waals surface area contributed by atoms with E-state index in [2.05, 4.69) is 10.6 Å². The van der Waals surface area contributed by atoms with Crippen LogP contribution in [0.1, 0.15) is 44.1 Å². The van der Waals surface area contributed by atoms with Crippen LogP contribution in [-0.4, -0.2) is 31.4 Å². The van der Waals surface area contributed by atoms with Crippen molar-refractivity contribution in [1.29, 1.82) is 0 Å². The van der Waals surface area contributed by atoms with Crippen molar-refractivity contribution in [3.63, 3.8) is 0 Å². The average molecular weight is 341 g/mol. The highest BCUT2D eigenvalue weighted by atomic mass is 16.2. The first-order valence-corrected chi connectivity index (χ1v) is 9.56. The van der Waals surface area contributed by atoms with Crippen LogP contribution in [0.25, 0.3) is 0 Å². The van der Waals surface area contributed by atoms with Crippen LogP contribution in [0.15, 0.2) is 24.3 Å². The van der Waals surface area contributed by atoms with Gasteiger partial charge in [-0.25, -0.2) is 0 Å². The normalized spacial score (nSPS) is 25.0. The smallest absolute Gasteiger partial charge is 0.226 e. The molecule has 0 bridgehead atoms. The molecule has 5 nitrogen and oxygen atoms in total. The van der Waals surface area contributed by atoms with Gasteiger partial charge >= 0.3 is 0 Å². The lowest BCUT2D eigenvalue weighted by Gasteiger charge is -2.26. The maximum absolute atomic E-state index is 12.4. The molecule has 3 aliphatic rings. The van der Waals surface area contributed by atoms with E-state index in [1.54, 1.807) is 0 Å². The molecule has 3 fully saturated rings. The van der Waals surface area contributed by atoms with Crippen molar-refractivity contribution in [1.82, 2.24) is 10.6 Å². The molecular formula is C20H27N3O2. The van der Waals surface area contributed by atoms with Gasteiger partial charge in [-0.3, -0.25) is 9.59 Å². The standard InChI is InChI=1S/C20H27N3O2/c24-18-3-1-2-12-23(18)16-6-4-15(5-7-16)14-22-19(25)17-13-20(17)8-10-21-11-9-20/h4-7,17,21H,1-3,8-14H2,(H,22,25). The van der Waals surface area contributed by atoms with Crippen LogP contribution >= 0.6 is 0 Å². The molecule has 1 atom stereocenters. The summed E-state index contributed by atoms with van der Waals surface area (Å²) in [6, 6.07) is 8.03. The molecule has 2 heterocycles. The van der Waals surface area contributed by atoms with Crippen LogP contribution in [0.5, 0.6) is 0 Å². The Hall–Kier alpha value is -1.88. The van der Waals surface area contributed by atoms with Gasteiger partial charge in [-0.05, 0) is 68.3 Å². The molecule has 1 saturated carbocycles. The monoisotopic (exact) mass is 341 g/mol. The van der Waals surface area contributed by atoms with E-state index in [1.807, 2.05) is 29.2 Å². The highest BCUT2D eigenvalue weighted by Gasteiger charge is 2.57. The Morgan fingerprint density at radius 3 is 2.68 bits per heavy atom. The van der Waals surface area contributed by atoms with Gasteiger partial charge in [0, 0.05) is 31.1 Å². The molecule has 1 aromatic carbocycles. The zero-order valence-electron chi connectivity index (χ0n) is 14.7. The quantitative estimate of drug-likeness (QED) is 0.883. The molecule has 1 spiro atoms. The first-order valence-electron chi connectivity index (χ1n) is 9.56. The molecule has 25 heavy (non-hydrogen) atoms. The van der Waals surface area contributed by atoms with E-state index in [-0.39, 0.29) is 23.1 Å². The zero-order chi connectivity index (χ0) is 17.3. The van der Waals surface area contributed by atoms with Crippen LogP contribution in [0.3, 0.4) is 0 Å². The minimum absolute atomic E-state index is 0.206. The van der Waals surface area contributed by atoms with E-state index in [9.17, 15) is 9.59 Å². The van der Waals surface area contributed by atoms with Crippen LogP contribution in [0.2, 0.25) is 0 Å². The van der Waals surface area contributed by atoms with E-state index >= 15 is 0 Å². The summed E-state index contributed by atoms with van der Waals surface area (Å²) in [6.45, 7) is 3.46. The van der Waals surface area contributed by atoms with Crippen LogP contribution in [0.4, 0.5) is 5.69 Å². The Morgan fingerprint density at radius 2 is 1.96 bits per heavy atom. The van der Waals surface area contributed by atoms with Crippen molar-refractivity contribution >= 4 is 17.5 Å². The molecule has 2 N–H and O–H groups in total. The van der Waals surface area contributed by atoms with Crippen molar-refractivity contribution in [3.8, 4) is 0 Å². The summed E-state index contributed by atoms with van der Waals surface area (Å²) in [5.74, 6) is 0.630. The number of hydrogen-bond acceptors (Lipinski definition) is 3. The van der Waals surface area contributed by atoms with Crippen LogP contribution < -0.4 is 15.5 Å². The van der Waals surface area contributed by atoms with E-state index in [0.29, 0.717) is 13.0 Å². The highest BCUT2D eigenvalue weighted by molar-refractivity contribution is 5.94. The second-order valence-electron chi connectivity index (χ2n) is 7.76. The Kier molecular flexibility index (Phi) is 4.50. The fourth-order valence-electron chi connectivity index (χ4n) is 4.38. The van der Waals surface area contributed by atoms with Gasteiger partial charge in [-0.1, -0.05) is 12.1 Å². The predicted octanol–water partition coefficient (Wildman–Crippen LogP) is 2.21. The van der Waals surface area contributed by atoms with Gasteiger partial charge in [-0.2, -0.15) is 0 Å². The maximum atomic E-state index is 12.4. The van der Waals surface area contributed by atoms with Crippen molar-refractivity contribution in [2.24, 2.45) is 11.3 Å². The Morgan fingerprint density at radius 1 is 1.20 bits per heavy atom. The molecule has 0 radical (unpaired) electrons. The minimum Gasteiger partial charge on any atom is -0.352 e. The largest absolute Gasteiger partial charge is 0.352 e. The molecule has 1 unspecified atom stereocenters. The molecule has 2 aliphatic heterocycles. The summed E-state index contributed by atoms with van der Waals surface area (Å²) in [5, 5.41) is 6.47. The van der Waals surface area contributed by atoms with Gasteiger partial charge in [0.05, 0.1) is 0 Å². The summed E-state index contributed by atoms with van der Waals surface area (Å²) in [6.07, 6.45) is 6.03. The Labute approximate surface area is 149 Å². The van der Waals surface area contributed by atoms with Gasteiger partial charge in [0.15, 0.2) is 0 Å². The van der Waals surface area contributed by atoms with E-state index in [1.165, 1.54) is 0 Å². The first kappa shape index (κ1) is 16.6. The molecule has 1 aliphatic carbocycles. The van der Waals surface area contributed by atoms with Crippen molar-refractivity contribution < 1.29 is 9.59 Å². The van der Waals surface area contributed by atoms with Crippen molar-refractivity contribution in [2.75, 3.05) is 24.5 Å². The number of benzene rings is 1. The van der Waals surface area contributed by atoms with Crippen molar-refractivity contribution in [2.45, 2.75) is 45.1 Å². The number of hydrogen-bond donors (Lipinski definition) is 2. The number of carbonyl (C=O) groups excluding carboxylic acids is 2. The molecule has 4 rings (SSSR count). The summed E-state index contributed by atoms with van der Waals surface area (Å²) in [7, 11) is 0. The van der Waals surface area contributed by atoms with Gasteiger partial charge in [-0.15, -0.1) is 0 Å². The molecule has 5 heteroatoms. The van der Waals surface area contributed by atoms with Crippen LogP contribution in [0, 0.1) is 11.3 Å². The minimum atomic E-state index is 0.206. The number of carbonyl (C=O) groups is 2. The van der Waals surface area contributed by atoms with Crippen molar-refractivity contribution in [3.05, 3.63) is 29.8 Å². The highest BCUT2D eigenvalue weighted by Crippen LogP contribution is 2.58. The number of amides is 2. The predicted molar refractivity (Wildman–Crippen MR) is 97.1 cm³/mol. The summed E-state index contributed by atoms with van der Waals surface area (Å²) in [5.41, 5.74) is 2.34. The number of nitrogens with one attached hydrogen (secondary N) is 2. The molecule has 1 aromatic rings. The molecule has 134 valence electrons. The van der Waals surface area contributed by atoms with E-state index in [0.717, 1.165) is 63.0 Å². The number of piperidine rings is 2. The lowest BCUT2D eigenvalue weighted by molar-refractivity contribution is -0.123. The lowest BCUT2D eigenvalue weighted by atomic mass is 9.92. The molecule has 0 aromatic heterocycles. The second-order valence-corrected chi connectivity index (χ2v) is 7.76. The van der Waals surface area contributed by atoms with Gasteiger partial charge in [0.1, 0.15) is 0 Å². The van der Waals surface area contributed by atoms with Gasteiger partial charge < -0.3 is 15.5 Å². The summed E-state index contributed by atoms with van der Waals surface area (Å²) >= 11 is 0. The third kappa shape index (κ3) is 3.43. The summed E-state index contributed by atoms with van der Waals surface area (Å²) in [4.78, 5) is 26.3. The SMILES string of the molecule is O=C(NCc1ccc(N2CCCCC2=O)cc1)C1CC12CCNCC2. The number of rotatable bonds is 4. The molecule has 2 saturated heterocycles. The summed E-state index contributed by atoms with van der Waals surface area (Å²) < 4.78 is 0. The fourth-order valence-corrected chi connectivity index (χ4v) is 4.38. The number of anilines is 1. The van der Waals surface area contributed by atoms with E-state index < -0.39 is 0 Å². The number of nitrogens with zero attached hydrogens (tertiary/aromatic N) is 1. The second kappa shape index (κ2) is 6.79. The maximum Gasteiger partial charge on any atom is 0.226 e. The third-order valence-corrected chi connectivity index (χ3v) is 6.14. The Balaban J connectivity index is 1.30. The Bertz CT molecular complexity index is 649. The first-order chi connectivity index (χ1) is 12.2.